The maximum atomic E-state index is 5.49. The third-order valence-corrected chi connectivity index (χ3v) is 3.70. The Morgan fingerprint density at radius 3 is 2.59 bits per heavy atom. The molecule has 17 heavy (non-hydrogen) atoms. The first-order chi connectivity index (χ1) is 8.43. The lowest BCUT2D eigenvalue weighted by atomic mass is 9.91. The summed E-state index contributed by atoms with van der Waals surface area (Å²) in [6, 6.07) is 8.86. The van der Waals surface area contributed by atoms with Crippen LogP contribution >= 0.6 is 0 Å². The average molecular weight is 233 g/mol. The monoisotopic (exact) mass is 233 g/mol. The Kier molecular flexibility index (Phi) is 3.41. The molecule has 0 aliphatic carbocycles. The van der Waals surface area contributed by atoms with Crippen LogP contribution in [-0.4, -0.2) is 26.5 Å². The smallest absolute Gasteiger partial charge is 0.147 e. The van der Waals surface area contributed by atoms with Gasteiger partial charge in [0.05, 0.1) is 6.61 Å². The summed E-state index contributed by atoms with van der Waals surface area (Å²) >= 11 is 0. The van der Waals surface area contributed by atoms with E-state index in [9.17, 15) is 0 Å². The van der Waals surface area contributed by atoms with Crippen LogP contribution in [0, 0.1) is 0 Å². The van der Waals surface area contributed by atoms with Crippen molar-refractivity contribution in [2.75, 3.05) is 26.5 Å². The first-order valence-corrected chi connectivity index (χ1v) is 6.43. The summed E-state index contributed by atoms with van der Waals surface area (Å²) in [5.74, 6) is 0.679. The van der Waals surface area contributed by atoms with Gasteiger partial charge in [0, 0.05) is 6.54 Å². The molecule has 2 fully saturated rings. The third-order valence-electron chi connectivity index (χ3n) is 3.70. The van der Waals surface area contributed by atoms with Crippen molar-refractivity contribution in [3.8, 4) is 0 Å². The summed E-state index contributed by atoms with van der Waals surface area (Å²) in [5.41, 5.74) is 2.68. The van der Waals surface area contributed by atoms with Crippen LogP contribution in [0.5, 0.6) is 0 Å². The lowest BCUT2D eigenvalue weighted by Gasteiger charge is -2.23. The zero-order valence-corrected chi connectivity index (χ0v) is 10.0. The molecular formula is C14H19NO2. The van der Waals surface area contributed by atoms with Crippen molar-refractivity contribution in [2.45, 2.75) is 24.9 Å². The largest absolute Gasteiger partial charge is 0.352 e. The van der Waals surface area contributed by atoms with E-state index in [0.717, 1.165) is 6.54 Å². The summed E-state index contributed by atoms with van der Waals surface area (Å²) < 4.78 is 10.7. The second-order valence-corrected chi connectivity index (χ2v) is 4.85. The molecule has 1 aromatic rings. The first kappa shape index (κ1) is 11.2. The van der Waals surface area contributed by atoms with Crippen molar-refractivity contribution in [2.24, 2.45) is 0 Å². The van der Waals surface area contributed by atoms with Gasteiger partial charge in [-0.2, -0.15) is 0 Å². The fourth-order valence-electron chi connectivity index (χ4n) is 2.65. The highest BCUT2D eigenvalue weighted by molar-refractivity contribution is 5.27. The van der Waals surface area contributed by atoms with Crippen LogP contribution in [0.1, 0.15) is 36.0 Å². The van der Waals surface area contributed by atoms with Crippen LogP contribution in [0.2, 0.25) is 0 Å². The van der Waals surface area contributed by atoms with Gasteiger partial charge < -0.3 is 14.8 Å². The number of hydrogen-bond acceptors (Lipinski definition) is 3. The van der Waals surface area contributed by atoms with Crippen LogP contribution in [0.15, 0.2) is 24.3 Å². The van der Waals surface area contributed by atoms with Gasteiger partial charge in [0.1, 0.15) is 12.9 Å². The maximum absolute atomic E-state index is 5.49. The molecule has 1 N–H and O–H groups in total. The van der Waals surface area contributed by atoms with Crippen LogP contribution in [-0.2, 0) is 9.47 Å². The van der Waals surface area contributed by atoms with E-state index in [1.165, 1.54) is 30.5 Å². The highest BCUT2D eigenvalue weighted by Crippen LogP contribution is 2.27. The Labute approximate surface area is 102 Å². The molecule has 3 nitrogen and oxygen atoms in total. The topological polar surface area (TPSA) is 30.5 Å². The molecule has 2 aliphatic rings. The Bertz CT molecular complexity index is 351. The summed E-state index contributed by atoms with van der Waals surface area (Å²) in [7, 11) is 0. The zero-order valence-electron chi connectivity index (χ0n) is 10.0. The first-order valence-electron chi connectivity index (χ1n) is 6.43. The van der Waals surface area contributed by atoms with Crippen LogP contribution < -0.4 is 5.32 Å². The normalized spacial score (nSPS) is 29.4. The number of piperidine rings is 1. The van der Waals surface area contributed by atoms with E-state index in [1.807, 2.05) is 0 Å². The van der Waals surface area contributed by atoms with Gasteiger partial charge in [-0.05, 0) is 36.4 Å². The number of ether oxygens (including phenoxy) is 2. The number of nitrogens with one attached hydrogen (secondary N) is 1. The standard InChI is InChI=1S/C14H19NO2/c1-2-13(8-15-7-1)11-3-5-12(6-4-11)14-9-16-10-17-14/h3-6,13-15H,1-2,7-10H2. The number of hydrogen-bond donors (Lipinski definition) is 1. The summed E-state index contributed by atoms with van der Waals surface area (Å²) in [6.45, 7) is 3.40. The molecule has 2 aliphatic heterocycles. The van der Waals surface area contributed by atoms with Crippen molar-refractivity contribution in [3.05, 3.63) is 35.4 Å². The number of rotatable bonds is 2. The zero-order chi connectivity index (χ0) is 11.5. The molecule has 92 valence electrons. The molecule has 2 heterocycles. The van der Waals surface area contributed by atoms with E-state index in [4.69, 9.17) is 9.47 Å². The van der Waals surface area contributed by atoms with Crippen molar-refractivity contribution < 1.29 is 9.47 Å². The highest BCUT2D eigenvalue weighted by Gasteiger charge is 2.19. The second kappa shape index (κ2) is 5.17. The van der Waals surface area contributed by atoms with E-state index in [2.05, 4.69) is 29.6 Å². The molecular weight excluding hydrogens is 214 g/mol. The van der Waals surface area contributed by atoms with Gasteiger partial charge in [-0.3, -0.25) is 0 Å². The van der Waals surface area contributed by atoms with Gasteiger partial charge in [0.15, 0.2) is 0 Å². The minimum absolute atomic E-state index is 0.133. The van der Waals surface area contributed by atoms with E-state index >= 15 is 0 Å². The predicted octanol–water partition coefficient (Wildman–Crippen LogP) is 2.20. The Morgan fingerprint density at radius 2 is 1.94 bits per heavy atom. The highest BCUT2D eigenvalue weighted by atomic mass is 16.7. The number of benzene rings is 1. The fourth-order valence-corrected chi connectivity index (χ4v) is 2.65. The molecule has 0 bridgehead atoms. The van der Waals surface area contributed by atoms with Crippen molar-refractivity contribution >= 4 is 0 Å². The summed E-state index contributed by atoms with van der Waals surface area (Å²) in [6.07, 6.45) is 2.72. The molecule has 3 heteroatoms. The van der Waals surface area contributed by atoms with E-state index in [1.54, 1.807) is 0 Å². The van der Waals surface area contributed by atoms with Gasteiger partial charge >= 0.3 is 0 Å². The molecule has 1 aromatic carbocycles. The molecule has 2 atom stereocenters. The van der Waals surface area contributed by atoms with Gasteiger partial charge in [0.25, 0.3) is 0 Å². The predicted molar refractivity (Wildman–Crippen MR) is 65.9 cm³/mol. The van der Waals surface area contributed by atoms with Crippen LogP contribution in [0.4, 0.5) is 0 Å². The summed E-state index contributed by atoms with van der Waals surface area (Å²) in [4.78, 5) is 0. The van der Waals surface area contributed by atoms with Gasteiger partial charge in [0.2, 0.25) is 0 Å². The quantitative estimate of drug-likeness (QED) is 0.849. The van der Waals surface area contributed by atoms with Crippen LogP contribution in [0.3, 0.4) is 0 Å². The SMILES string of the molecule is c1cc(C2COCO2)ccc1C1CCCNC1. The van der Waals surface area contributed by atoms with Crippen molar-refractivity contribution in [1.29, 1.82) is 0 Å². The van der Waals surface area contributed by atoms with Crippen LogP contribution in [0.25, 0.3) is 0 Å². The minimum atomic E-state index is 0.133. The molecule has 2 unspecified atom stereocenters. The Hall–Kier alpha value is -0.900. The molecule has 0 amide bonds. The van der Waals surface area contributed by atoms with Gasteiger partial charge in [-0.25, -0.2) is 0 Å². The molecule has 0 aromatic heterocycles. The lowest BCUT2D eigenvalue weighted by molar-refractivity contribution is 0.0466. The Morgan fingerprint density at radius 1 is 1.12 bits per heavy atom. The molecule has 3 rings (SSSR count). The Balaban J connectivity index is 1.70. The lowest BCUT2D eigenvalue weighted by Crippen LogP contribution is -2.28. The van der Waals surface area contributed by atoms with E-state index in [0.29, 0.717) is 19.3 Å². The summed E-state index contributed by atoms with van der Waals surface area (Å²) in [5, 5.41) is 3.46. The van der Waals surface area contributed by atoms with Gasteiger partial charge in [-0.1, -0.05) is 24.3 Å². The fraction of sp³-hybridized carbons (Fsp3) is 0.571. The van der Waals surface area contributed by atoms with Crippen molar-refractivity contribution in [3.63, 3.8) is 0 Å². The molecule has 2 saturated heterocycles. The van der Waals surface area contributed by atoms with Gasteiger partial charge in [-0.15, -0.1) is 0 Å². The average Bonchev–Trinajstić information content (AvgIpc) is 2.94. The van der Waals surface area contributed by atoms with E-state index < -0.39 is 0 Å². The van der Waals surface area contributed by atoms with E-state index in [-0.39, 0.29) is 6.10 Å². The second-order valence-electron chi connectivity index (χ2n) is 4.85. The maximum Gasteiger partial charge on any atom is 0.147 e. The molecule has 0 radical (unpaired) electrons. The van der Waals surface area contributed by atoms with Crippen molar-refractivity contribution in [1.82, 2.24) is 5.32 Å². The third kappa shape index (κ3) is 2.51. The minimum Gasteiger partial charge on any atom is -0.352 e. The molecule has 0 spiro atoms. The molecule has 0 saturated carbocycles.